The molecule has 0 radical (unpaired) electrons. The van der Waals surface area contributed by atoms with E-state index in [-0.39, 0.29) is 5.82 Å². The van der Waals surface area contributed by atoms with Gasteiger partial charge in [0, 0.05) is 38.9 Å². The molecule has 4 rings (SSSR count). The van der Waals surface area contributed by atoms with E-state index in [0.717, 1.165) is 75.9 Å². The number of ether oxygens (including phenoxy) is 2. The van der Waals surface area contributed by atoms with Crippen LogP contribution in [0.1, 0.15) is 25.5 Å². The standard InChI is InChI=1S/C23H30FN5O2/c1-2-3-11-28-12-9-22(29(28)20-6-4-19(24)5-7-20)21-8-10-25-23(26-21)31-18-15-27-13-16-30-17-14-27/h4-10H,2-3,11-18H2,1H3. The highest BCUT2D eigenvalue weighted by Gasteiger charge is 2.27. The lowest BCUT2D eigenvalue weighted by Crippen LogP contribution is -2.38. The number of hydrazine groups is 1. The van der Waals surface area contributed by atoms with E-state index in [1.54, 1.807) is 18.3 Å². The summed E-state index contributed by atoms with van der Waals surface area (Å²) < 4.78 is 24.7. The molecule has 31 heavy (non-hydrogen) atoms. The molecule has 166 valence electrons. The molecule has 1 saturated heterocycles. The van der Waals surface area contributed by atoms with Crippen molar-refractivity contribution in [3.8, 4) is 6.01 Å². The lowest BCUT2D eigenvalue weighted by atomic mass is 10.2. The first-order chi connectivity index (χ1) is 15.2. The SMILES string of the molecule is CCCCN1CC=C(c2ccnc(OCCN3CCOCC3)n2)N1c1ccc(F)cc1. The zero-order chi connectivity index (χ0) is 21.5. The summed E-state index contributed by atoms with van der Waals surface area (Å²) in [5.41, 5.74) is 2.66. The summed E-state index contributed by atoms with van der Waals surface area (Å²) in [5, 5.41) is 4.38. The van der Waals surface area contributed by atoms with Crippen molar-refractivity contribution in [2.45, 2.75) is 19.8 Å². The van der Waals surface area contributed by atoms with Gasteiger partial charge in [0.25, 0.3) is 0 Å². The predicted octanol–water partition coefficient (Wildman–Crippen LogP) is 3.20. The molecule has 3 heterocycles. The second-order valence-electron chi connectivity index (χ2n) is 7.67. The Labute approximate surface area is 183 Å². The van der Waals surface area contributed by atoms with Crippen LogP contribution in [-0.2, 0) is 4.74 Å². The smallest absolute Gasteiger partial charge is 0.316 e. The molecule has 0 aliphatic carbocycles. The van der Waals surface area contributed by atoms with E-state index in [4.69, 9.17) is 9.47 Å². The van der Waals surface area contributed by atoms with Crippen LogP contribution in [0.25, 0.3) is 5.70 Å². The Balaban J connectivity index is 1.47. The Bertz CT molecular complexity index is 871. The van der Waals surface area contributed by atoms with Crippen LogP contribution in [0.5, 0.6) is 6.01 Å². The fraction of sp³-hybridized carbons (Fsp3) is 0.478. The predicted molar refractivity (Wildman–Crippen MR) is 118 cm³/mol. The van der Waals surface area contributed by atoms with Gasteiger partial charge >= 0.3 is 6.01 Å². The van der Waals surface area contributed by atoms with Crippen molar-refractivity contribution in [3.63, 3.8) is 0 Å². The number of unbranched alkanes of at least 4 members (excludes halogenated alkanes) is 1. The third-order valence-electron chi connectivity index (χ3n) is 5.49. The van der Waals surface area contributed by atoms with Crippen molar-refractivity contribution in [1.29, 1.82) is 0 Å². The van der Waals surface area contributed by atoms with E-state index in [1.807, 2.05) is 6.07 Å². The second kappa shape index (κ2) is 10.7. The largest absolute Gasteiger partial charge is 0.462 e. The molecule has 1 aromatic carbocycles. The maximum absolute atomic E-state index is 13.5. The first-order valence-electron chi connectivity index (χ1n) is 11.0. The van der Waals surface area contributed by atoms with Gasteiger partial charge in [-0.15, -0.1) is 0 Å². The van der Waals surface area contributed by atoms with Gasteiger partial charge in [0.15, 0.2) is 0 Å². The van der Waals surface area contributed by atoms with Gasteiger partial charge in [-0.1, -0.05) is 13.3 Å². The summed E-state index contributed by atoms with van der Waals surface area (Å²) in [6, 6.07) is 8.84. The average Bonchev–Trinajstić information content (AvgIpc) is 3.23. The van der Waals surface area contributed by atoms with E-state index in [0.29, 0.717) is 12.6 Å². The molecule has 0 atom stereocenters. The molecule has 0 spiro atoms. The summed E-state index contributed by atoms with van der Waals surface area (Å²) in [5.74, 6) is -0.244. The topological polar surface area (TPSA) is 54.0 Å². The number of morpholine rings is 1. The summed E-state index contributed by atoms with van der Waals surface area (Å²) >= 11 is 0. The number of aromatic nitrogens is 2. The fourth-order valence-electron chi connectivity index (χ4n) is 3.79. The molecule has 2 aliphatic rings. The highest BCUT2D eigenvalue weighted by Crippen LogP contribution is 2.32. The van der Waals surface area contributed by atoms with Gasteiger partial charge in [-0.05, 0) is 42.8 Å². The number of rotatable bonds is 9. The van der Waals surface area contributed by atoms with Crippen LogP contribution < -0.4 is 9.75 Å². The maximum atomic E-state index is 13.5. The van der Waals surface area contributed by atoms with Crippen molar-refractivity contribution in [3.05, 3.63) is 54.1 Å². The zero-order valence-electron chi connectivity index (χ0n) is 18.0. The van der Waals surface area contributed by atoms with Gasteiger partial charge in [-0.25, -0.2) is 14.4 Å². The number of hydrogen-bond acceptors (Lipinski definition) is 7. The van der Waals surface area contributed by atoms with Crippen molar-refractivity contribution in [2.24, 2.45) is 0 Å². The van der Waals surface area contributed by atoms with Crippen LogP contribution >= 0.6 is 0 Å². The molecule has 8 heteroatoms. The summed E-state index contributed by atoms with van der Waals surface area (Å²) in [6.45, 7) is 8.64. The first kappa shape index (κ1) is 21.7. The van der Waals surface area contributed by atoms with Crippen molar-refractivity contribution in [1.82, 2.24) is 19.9 Å². The second-order valence-corrected chi connectivity index (χ2v) is 7.67. The lowest BCUT2D eigenvalue weighted by Gasteiger charge is -2.32. The van der Waals surface area contributed by atoms with E-state index in [1.165, 1.54) is 12.1 Å². The Kier molecular flexibility index (Phi) is 7.45. The minimum atomic E-state index is -0.244. The molecular formula is C23H30FN5O2. The zero-order valence-corrected chi connectivity index (χ0v) is 18.0. The Hall–Kier alpha value is -2.55. The minimum absolute atomic E-state index is 0.244. The molecule has 0 unspecified atom stereocenters. The molecule has 0 N–H and O–H groups in total. The number of anilines is 1. The van der Waals surface area contributed by atoms with Crippen LogP contribution in [0, 0.1) is 5.82 Å². The van der Waals surface area contributed by atoms with E-state index < -0.39 is 0 Å². The quantitative estimate of drug-likeness (QED) is 0.609. The monoisotopic (exact) mass is 427 g/mol. The fourth-order valence-corrected chi connectivity index (χ4v) is 3.79. The van der Waals surface area contributed by atoms with Crippen LogP contribution in [0.3, 0.4) is 0 Å². The summed E-state index contributed by atoms with van der Waals surface area (Å²) in [4.78, 5) is 11.3. The van der Waals surface area contributed by atoms with E-state index in [9.17, 15) is 4.39 Å². The number of hydrogen-bond donors (Lipinski definition) is 0. The van der Waals surface area contributed by atoms with Crippen molar-refractivity contribution >= 4 is 11.4 Å². The number of halogens is 1. The Morgan fingerprint density at radius 2 is 1.90 bits per heavy atom. The molecule has 2 aliphatic heterocycles. The average molecular weight is 428 g/mol. The van der Waals surface area contributed by atoms with Crippen molar-refractivity contribution in [2.75, 3.05) is 57.6 Å². The van der Waals surface area contributed by atoms with Gasteiger partial charge in [-0.2, -0.15) is 4.98 Å². The molecule has 2 aromatic rings. The Morgan fingerprint density at radius 3 is 2.68 bits per heavy atom. The van der Waals surface area contributed by atoms with Gasteiger partial charge < -0.3 is 9.47 Å². The molecule has 0 amide bonds. The lowest BCUT2D eigenvalue weighted by molar-refractivity contribution is 0.0317. The normalized spacial score (nSPS) is 17.7. The van der Waals surface area contributed by atoms with E-state index in [2.05, 4.69) is 37.9 Å². The van der Waals surface area contributed by atoms with Crippen molar-refractivity contribution < 1.29 is 13.9 Å². The van der Waals surface area contributed by atoms with Crippen LogP contribution in [0.2, 0.25) is 0 Å². The van der Waals surface area contributed by atoms with Crippen LogP contribution in [0.4, 0.5) is 10.1 Å². The molecule has 1 fully saturated rings. The van der Waals surface area contributed by atoms with Crippen LogP contribution in [-0.4, -0.2) is 72.4 Å². The van der Waals surface area contributed by atoms with Gasteiger partial charge in [0.1, 0.15) is 12.4 Å². The third kappa shape index (κ3) is 5.58. The molecule has 7 nitrogen and oxygen atoms in total. The van der Waals surface area contributed by atoms with Gasteiger partial charge in [-0.3, -0.25) is 9.91 Å². The van der Waals surface area contributed by atoms with Crippen LogP contribution in [0.15, 0.2) is 42.6 Å². The molecule has 0 saturated carbocycles. The highest BCUT2D eigenvalue weighted by molar-refractivity contribution is 5.78. The molecule has 1 aromatic heterocycles. The number of nitrogens with zero attached hydrogens (tertiary/aromatic N) is 5. The first-order valence-corrected chi connectivity index (χ1v) is 11.0. The third-order valence-corrected chi connectivity index (χ3v) is 5.49. The minimum Gasteiger partial charge on any atom is -0.462 e. The molecule has 0 bridgehead atoms. The van der Waals surface area contributed by atoms with E-state index >= 15 is 0 Å². The Morgan fingerprint density at radius 1 is 1.10 bits per heavy atom. The maximum Gasteiger partial charge on any atom is 0.316 e. The summed E-state index contributed by atoms with van der Waals surface area (Å²) in [7, 11) is 0. The highest BCUT2D eigenvalue weighted by atomic mass is 19.1. The number of benzene rings is 1. The molecular weight excluding hydrogens is 397 g/mol. The van der Waals surface area contributed by atoms with Gasteiger partial charge in [0.05, 0.1) is 30.3 Å². The van der Waals surface area contributed by atoms with Gasteiger partial charge in [0.2, 0.25) is 0 Å². The summed E-state index contributed by atoms with van der Waals surface area (Å²) in [6.07, 6.45) is 6.07.